The van der Waals surface area contributed by atoms with E-state index < -0.39 is 29.0 Å². The van der Waals surface area contributed by atoms with Gasteiger partial charge < -0.3 is 25.8 Å². The Kier molecular flexibility index (Phi) is 7.95. The number of carbonyl (C=O) groups is 1. The molecule has 0 bridgehead atoms. The molecule has 226 valence electrons. The van der Waals surface area contributed by atoms with Crippen LogP contribution in [0.25, 0.3) is 11.2 Å². The number of nitrogens with two attached hydrogens (primary N) is 1. The van der Waals surface area contributed by atoms with Crippen LogP contribution < -0.4 is 16.4 Å². The number of nitrogens with one attached hydrogen (secondary N) is 2. The third kappa shape index (κ3) is 5.88. The number of amides is 1. The standard InChI is InChI=1S/C29H36F4N8O/c30-23-21(6-3-7-22(23)29(31,32)33)27(42)40-14-12-19(13-15-40)36-25-24-26(41(16-35-24)20-4-1-2-5-20)39-28(38-25)37-18-10-8-17(34)9-11-18/h3,6-7,16-20H,1-2,4-5,8-15,34H2,(H2,36,37,38,39)/t17-,18-. The summed E-state index contributed by atoms with van der Waals surface area (Å²) in [7, 11) is 0. The molecule has 0 radical (unpaired) electrons. The van der Waals surface area contributed by atoms with E-state index in [1.54, 1.807) is 0 Å². The molecule has 3 aromatic rings. The highest BCUT2D eigenvalue weighted by atomic mass is 19.4. The van der Waals surface area contributed by atoms with E-state index in [2.05, 4.69) is 20.2 Å². The average molecular weight is 589 g/mol. The molecule has 0 unspecified atom stereocenters. The largest absolute Gasteiger partial charge is 0.419 e. The SMILES string of the molecule is N[C@H]1CC[C@H](Nc2nc(NC3CCN(C(=O)c4cccc(C(F)(F)F)c4F)CC3)c3ncn(C4CCCC4)c3n2)CC1. The fourth-order valence-electron chi connectivity index (χ4n) is 6.48. The second-order valence-corrected chi connectivity index (χ2v) is 11.8. The van der Waals surface area contributed by atoms with Crippen LogP contribution in [0.3, 0.4) is 0 Å². The zero-order chi connectivity index (χ0) is 29.4. The van der Waals surface area contributed by atoms with Gasteiger partial charge in [-0.05, 0) is 63.5 Å². The molecule has 1 aromatic carbocycles. The van der Waals surface area contributed by atoms with Crippen molar-refractivity contribution >= 4 is 28.8 Å². The summed E-state index contributed by atoms with van der Waals surface area (Å²) in [5.74, 6) is -1.12. The number of likely N-dealkylation sites (tertiary alicyclic amines) is 1. The van der Waals surface area contributed by atoms with Gasteiger partial charge in [0, 0.05) is 37.3 Å². The van der Waals surface area contributed by atoms with Gasteiger partial charge in [-0.15, -0.1) is 0 Å². The van der Waals surface area contributed by atoms with Gasteiger partial charge in [0.25, 0.3) is 5.91 Å². The summed E-state index contributed by atoms with van der Waals surface area (Å²) in [5.41, 5.74) is 5.56. The van der Waals surface area contributed by atoms with Crippen molar-refractivity contribution in [2.45, 2.75) is 94.6 Å². The third-order valence-corrected chi connectivity index (χ3v) is 8.90. The molecule has 4 N–H and O–H groups in total. The van der Waals surface area contributed by atoms with E-state index >= 15 is 0 Å². The first-order valence-electron chi connectivity index (χ1n) is 14.9. The Morgan fingerprint density at radius 2 is 1.62 bits per heavy atom. The molecule has 2 aromatic heterocycles. The fourth-order valence-corrected chi connectivity index (χ4v) is 6.48. The molecule has 3 aliphatic rings. The van der Waals surface area contributed by atoms with Gasteiger partial charge in [-0.25, -0.2) is 9.37 Å². The molecule has 13 heteroatoms. The van der Waals surface area contributed by atoms with E-state index in [0.29, 0.717) is 42.2 Å². The summed E-state index contributed by atoms with van der Waals surface area (Å²) in [4.78, 5) is 28.8. The smallest absolute Gasteiger partial charge is 0.365 e. The van der Waals surface area contributed by atoms with Crippen LogP contribution in [0.5, 0.6) is 0 Å². The van der Waals surface area contributed by atoms with E-state index in [9.17, 15) is 22.4 Å². The third-order valence-electron chi connectivity index (χ3n) is 8.90. The summed E-state index contributed by atoms with van der Waals surface area (Å²) >= 11 is 0. The van der Waals surface area contributed by atoms with Gasteiger partial charge in [0.15, 0.2) is 17.0 Å². The maximum atomic E-state index is 14.6. The molecule has 1 saturated heterocycles. The molecule has 3 fully saturated rings. The predicted octanol–water partition coefficient (Wildman–Crippen LogP) is 5.50. The highest BCUT2D eigenvalue weighted by molar-refractivity contribution is 5.95. The average Bonchev–Trinajstić information content (AvgIpc) is 3.64. The lowest BCUT2D eigenvalue weighted by Gasteiger charge is -2.33. The van der Waals surface area contributed by atoms with Crippen LogP contribution in [-0.4, -0.2) is 61.5 Å². The van der Waals surface area contributed by atoms with Crippen LogP contribution in [-0.2, 0) is 6.18 Å². The first kappa shape index (κ1) is 28.6. The maximum Gasteiger partial charge on any atom is 0.419 e. The van der Waals surface area contributed by atoms with Crippen molar-refractivity contribution < 1.29 is 22.4 Å². The van der Waals surface area contributed by atoms with Gasteiger partial charge in [0.05, 0.1) is 17.5 Å². The zero-order valence-electron chi connectivity index (χ0n) is 23.3. The van der Waals surface area contributed by atoms with E-state index in [1.165, 1.54) is 17.7 Å². The number of piperidine rings is 1. The minimum absolute atomic E-state index is 0.0596. The van der Waals surface area contributed by atoms with Crippen molar-refractivity contribution in [3.8, 4) is 0 Å². The number of alkyl halides is 3. The van der Waals surface area contributed by atoms with Crippen LogP contribution in [0.15, 0.2) is 24.5 Å². The van der Waals surface area contributed by atoms with Gasteiger partial charge in [-0.2, -0.15) is 23.1 Å². The minimum atomic E-state index is -4.87. The van der Waals surface area contributed by atoms with Crippen molar-refractivity contribution in [3.05, 3.63) is 41.5 Å². The maximum absolute atomic E-state index is 14.6. The molecule has 1 amide bonds. The van der Waals surface area contributed by atoms with Crippen molar-refractivity contribution in [1.82, 2.24) is 24.4 Å². The van der Waals surface area contributed by atoms with E-state index in [4.69, 9.17) is 15.7 Å². The normalized spacial score (nSPS) is 22.5. The number of aromatic nitrogens is 4. The van der Waals surface area contributed by atoms with Gasteiger partial charge in [0.2, 0.25) is 5.95 Å². The number of anilines is 2. The number of carbonyl (C=O) groups excluding carboxylic acids is 1. The van der Waals surface area contributed by atoms with Gasteiger partial charge in [0.1, 0.15) is 5.82 Å². The molecule has 3 heterocycles. The number of hydrogen-bond acceptors (Lipinski definition) is 7. The number of rotatable bonds is 6. The monoisotopic (exact) mass is 588 g/mol. The summed E-state index contributed by atoms with van der Waals surface area (Å²) in [6.07, 6.45) is 6.33. The molecular weight excluding hydrogens is 552 g/mol. The van der Waals surface area contributed by atoms with Crippen LogP contribution in [0.2, 0.25) is 0 Å². The van der Waals surface area contributed by atoms with E-state index in [0.717, 1.165) is 56.3 Å². The lowest BCUT2D eigenvalue weighted by atomic mass is 9.92. The van der Waals surface area contributed by atoms with Crippen LogP contribution in [0, 0.1) is 5.82 Å². The molecule has 2 saturated carbocycles. The number of nitrogens with zero attached hydrogens (tertiary/aromatic N) is 5. The quantitative estimate of drug-likeness (QED) is 0.326. The number of halogens is 4. The molecule has 42 heavy (non-hydrogen) atoms. The van der Waals surface area contributed by atoms with Crippen molar-refractivity contribution in [3.63, 3.8) is 0 Å². The molecule has 9 nitrogen and oxygen atoms in total. The topological polar surface area (TPSA) is 114 Å². The first-order valence-corrected chi connectivity index (χ1v) is 14.9. The number of benzene rings is 1. The Balaban J connectivity index is 1.18. The number of hydrogen-bond donors (Lipinski definition) is 3. The number of imidazole rings is 1. The summed E-state index contributed by atoms with van der Waals surface area (Å²) < 4.78 is 56.3. The summed E-state index contributed by atoms with van der Waals surface area (Å²) in [6.45, 7) is 0.536. The van der Waals surface area contributed by atoms with Crippen LogP contribution in [0.4, 0.5) is 29.3 Å². The van der Waals surface area contributed by atoms with Crippen molar-refractivity contribution in [2.24, 2.45) is 5.73 Å². The van der Waals surface area contributed by atoms with E-state index in [-0.39, 0.29) is 31.2 Å². The van der Waals surface area contributed by atoms with Crippen LogP contribution in [0.1, 0.15) is 86.2 Å². The van der Waals surface area contributed by atoms with Crippen molar-refractivity contribution in [2.75, 3.05) is 23.7 Å². The highest BCUT2D eigenvalue weighted by Gasteiger charge is 2.37. The molecule has 0 atom stereocenters. The molecule has 0 spiro atoms. The Labute approximate surface area is 241 Å². The number of fused-ring (bicyclic) bond motifs is 1. The zero-order valence-corrected chi connectivity index (χ0v) is 23.3. The molecular formula is C29H36F4N8O. The molecule has 2 aliphatic carbocycles. The first-order chi connectivity index (χ1) is 20.2. The Morgan fingerprint density at radius 1 is 0.929 bits per heavy atom. The van der Waals surface area contributed by atoms with E-state index in [1.807, 2.05) is 6.33 Å². The fraction of sp³-hybridized carbons (Fsp3) is 0.586. The molecule has 1 aliphatic heterocycles. The Bertz CT molecular complexity index is 1420. The minimum Gasteiger partial charge on any atom is -0.365 e. The summed E-state index contributed by atoms with van der Waals surface area (Å²) in [5, 5.41) is 7.02. The predicted molar refractivity (Wildman–Crippen MR) is 151 cm³/mol. The summed E-state index contributed by atoms with van der Waals surface area (Å²) in [6, 6.07) is 3.57. The second-order valence-electron chi connectivity index (χ2n) is 11.8. The highest BCUT2D eigenvalue weighted by Crippen LogP contribution is 2.35. The van der Waals surface area contributed by atoms with Crippen molar-refractivity contribution in [1.29, 1.82) is 0 Å². The Hall–Kier alpha value is -3.48. The Morgan fingerprint density at radius 3 is 2.31 bits per heavy atom. The van der Waals surface area contributed by atoms with Gasteiger partial charge in [-0.3, -0.25) is 4.79 Å². The lowest BCUT2D eigenvalue weighted by Crippen LogP contribution is -2.43. The van der Waals surface area contributed by atoms with Gasteiger partial charge in [-0.1, -0.05) is 18.9 Å². The van der Waals surface area contributed by atoms with Crippen LogP contribution >= 0.6 is 0 Å². The molecule has 6 rings (SSSR count). The second kappa shape index (κ2) is 11.7. The van der Waals surface area contributed by atoms with Gasteiger partial charge >= 0.3 is 6.18 Å². The lowest BCUT2D eigenvalue weighted by molar-refractivity contribution is -0.140.